The van der Waals surface area contributed by atoms with Crippen molar-refractivity contribution in [2.24, 2.45) is 16.8 Å². The Hall–Kier alpha value is -4.19. The zero-order valence-corrected chi connectivity index (χ0v) is 22.0. The van der Waals surface area contributed by atoms with Crippen molar-refractivity contribution in [3.63, 3.8) is 0 Å². The van der Waals surface area contributed by atoms with Crippen molar-refractivity contribution in [2.75, 3.05) is 19.6 Å². The normalized spacial score (nSPS) is 23.1. The molecular formula is C33H31N3O3. The van der Waals surface area contributed by atoms with E-state index in [4.69, 9.17) is 9.41 Å². The second kappa shape index (κ2) is 9.23. The minimum atomic E-state index is -0.982. The Labute approximate surface area is 227 Å². The van der Waals surface area contributed by atoms with Crippen LogP contribution in [0.5, 0.6) is 0 Å². The highest BCUT2D eigenvalue weighted by Crippen LogP contribution is 2.37. The maximum absolute atomic E-state index is 14.0. The van der Waals surface area contributed by atoms with Gasteiger partial charge in [-0.1, -0.05) is 60.7 Å². The van der Waals surface area contributed by atoms with Crippen molar-refractivity contribution in [3.8, 4) is 11.1 Å². The summed E-state index contributed by atoms with van der Waals surface area (Å²) in [5, 5.41) is 1.07. The third-order valence-corrected chi connectivity index (χ3v) is 8.48. The van der Waals surface area contributed by atoms with Crippen molar-refractivity contribution in [3.05, 3.63) is 96.3 Å². The van der Waals surface area contributed by atoms with Gasteiger partial charge < -0.3 is 9.32 Å². The van der Waals surface area contributed by atoms with Crippen LogP contribution in [0, 0.1) is 11.8 Å². The van der Waals surface area contributed by atoms with Crippen LogP contribution in [0.15, 0.2) is 94.5 Å². The molecular weight excluding hydrogens is 486 g/mol. The Morgan fingerprint density at radius 3 is 2.46 bits per heavy atom. The molecule has 3 aliphatic rings. The van der Waals surface area contributed by atoms with Gasteiger partial charge >= 0.3 is 0 Å². The van der Waals surface area contributed by atoms with Crippen LogP contribution in [0.25, 0.3) is 22.1 Å². The Morgan fingerprint density at radius 2 is 1.69 bits per heavy atom. The Kier molecular flexibility index (Phi) is 5.65. The van der Waals surface area contributed by atoms with Crippen LogP contribution >= 0.6 is 0 Å². The number of carbonyl (C=O) groups is 2. The largest absolute Gasteiger partial charge is 0.464 e. The van der Waals surface area contributed by atoms with E-state index in [-0.39, 0.29) is 23.7 Å². The molecule has 3 heterocycles. The van der Waals surface area contributed by atoms with Crippen molar-refractivity contribution in [1.29, 1.82) is 0 Å². The molecule has 1 saturated heterocycles. The molecule has 196 valence electrons. The summed E-state index contributed by atoms with van der Waals surface area (Å²) in [6.07, 6.45) is 4.65. The maximum Gasteiger partial charge on any atom is 0.260 e. The average molecular weight is 518 g/mol. The highest BCUT2D eigenvalue weighted by molar-refractivity contribution is 6.15. The zero-order valence-electron chi connectivity index (χ0n) is 22.0. The second-order valence-corrected chi connectivity index (χ2v) is 11.3. The zero-order chi connectivity index (χ0) is 26.6. The van der Waals surface area contributed by atoms with Crippen LogP contribution in [-0.2, 0) is 15.1 Å². The molecule has 39 heavy (non-hydrogen) atoms. The predicted molar refractivity (Wildman–Crippen MR) is 151 cm³/mol. The Morgan fingerprint density at radius 1 is 0.949 bits per heavy atom. The molecule has 0 spiro atoms. The molecule has 3 aromatic carbocycles. The van der Waals surface area contributed by atoms with Gasteiger partial charge in [0.1, 0.15) is 11.4 Å². The van der Waals surface area contributed by atoms with Crippen LogP contribution < -0.4 is 0 Å². The minimum Gasteiger partial charge on any atom is -0.464 e. The smallest absolute Gasteiger partial charge is 0.260 e. The van der Waals surface area contributed by atoms with E-state index < -0.39 is 5.54 Å². The molecule has 4 aromatic rings. The van der Waals surface area contributed by atoms with Crippen LogP contribution in [0.1, 0.15) is 37.3 Å². The summed E-state index contributed by atoms with van der Waals surface area (Å²) in [6, 6.07) is 26.3. The maximum atomic E-state index is 14.0. The summed E-state index contributed by atoms with van der Waals surface area (Å²) in [7, 11) is 0. The number of amides is 2. The van der Waals surface area contributed by atoms with Gasteiger partial charge in [0.15, 0.2) is 5.54 Å². The number of fused-ring (bicyclic) bond motifs is 1. The molecule has 1 aromatic heterocycles. The monoisotopic (exact) mass is 517 g/mol. The number of likely N-dealkylation sites (tertiary alicyclic amines) is 1. The fraction of sp³-hybridized carbons (Fsp3) is 0.303. The van der Waals surface area contributed by atoms with Crippen molar-refractivity contribution >= 4 is 28.6 Å². The minimum absolute atomic E-state index is 0.00912. The number of benzene rings is 3. The molecule has 6 heteroatoms. The van der Waals surface area contributed by atoms with Gasteiger partial charge in [-0.25, -0.2) is 4.99 Å². The van der Waals surface area contributed by atoms with Gasteiger partial charge in [0.05, 0.1) is 6.26 Å². The standard InChI is InChI=1S/C33H31N3O3/c1-33(28-5-3-2-4-6-28)32(38)36(21-22-15-17-35(20-22)31(37)25-11-12-25)30(34-33)24-9-7-23(8-10-24)26-13-14-29-27(19-26)16-18-39-29/h2-10,13-14,16,18-19,22,25H,11-12,15,17,20-21H2,1H3/t22-,33+/m1/s1. The number of carbonyl (C=O) groups excluding carboxylic acids is 2. The van der Waals surface area contributed by atoms with Gasteiger partial charge in [0, 0.05) is 36.5 Å². The molecule has 0 bridgehead atoms. The lowest BCUT2D eigenvalue weighted by molar-refractivity contribution is -0.131. The van der Waals surface area contributed by atoms with Crippen LogP contribution in [0.3, 0.4) is 0 Å². The number of hydrogen-bond acceptors (Lipinski definition) is 4. The van der Waals surface area contributed by atoms with Gasteiger partial charge in [0.25, 0.3) is 5.91 Å². The summed E-state index contributed by atoms with van der Waals surface area (Å²) in [5.41, 5.74) is 3.89. The van der Waals surface area contributed by atoms with Gasteiger partial charge in [-0.05, 0) is 67.0 Å². The van der Waals surface area contributed by atoms with E-state index in [1.165, 1.54) is 0 Å². The molecule has 0 unspecified atom stereocenters. The lowest BCUT2D eigenvalue weighted by Gasteiger charge is -2.26. The molecule has 7 rings (SSSR count). The van der Waals surface area contributed by atoms with Crippen molar-refractivity contribution < 1.29 is 14.0 Å². The molecule has 0 N–H and O–H groups in total. The van der Waals surface area contributed by atoms with Gasteiger partial charge in [-0.15, -0.1) is 0 Å². The molecule has 1 saturated carbocycles. The molecule has 0 radical (unpaired) electrons. The van der Waals surface area contributed by atoms with E-state index in [9.17, 15) is 9.59 Å². The van der Waals surface area contributed by atoms with Crippen LogP contribution in [0.4, 0.5) is 0 Å². The van der Waals surface area contributed by atoms with E-state index in [0.29, 0.717) is 18.9 Å². The summed E-state index contributed by atoms with van der Waals surface area (Å²) in [5.74, 6) is 1.45. The molecule has 2 amide bonds. The first-order valence-electron chi connectivity index (χ1n) is 13.8. The first-order chi connectivity index (χ1) is 19.0. The predicted octanol–water partition coefficient (Wildman–Crippen LogP) is 5.86. The number of aliphatic imine (C=N–C) groups is 1. The number of amidine groups is 1. The van der Waals surface area contributed by atoms with Crippen molar-refractivity contribution in [1.82, 2.24) is 9.80 Å². The Bertz CT molecular complexity index is 1590. The lowest BCUT2D eigenvalue weighted by Crippen LogP contribution is -2.43. The number of rotatable bonds is 6. The van der Waals surface area contributed by atoms with Gasteiger partial charge in [-0.3, -0.25) is 14.5 Å². The lowest BCUT2D eigenvalue weighted by atomic mass is 9.92. The number of furan rings is 1. The second-order valence-electron chi connectivity index (χ2n) is 11.3. The van der Waals surface area contributed by atoms with E-state index in [2.05, 4.69) is 36.4 Å². The molecule has 2 fully saturated rings. The quantitative estimate of drug-likeness (QED) is 0.322. The average Bonchev–Trinajstić information content (AvgIpc) is 3.43. The Balaban J connectivity index is 1.19. The first kappa shape index (κ1) is 23.9. The topological polar surface area (TPSA) is 66.1 Å². The summed E-state index contributed by atoms with van der Waals surface area (Å²) in [6.45, 7) is 3.97. The third-order valence-electron chi connectivity index (χ3n) is 8.48. The molecule has 2 atom stereocenters. The molecule has 6 nitrogen and oxygen atoms in total. The number of nitrogens with zero attached hydrogens (tertiary/aromatic N) is 3. The number of hydrogen-bond donors (Lipinski definition) is 0. The fourth-order valence-corrected chi connectivity index (χ4v) is 6.01. The fourth-order valence-electron chi connectivity index (χ4n) is 6.01. The van der Waals surface area contributed by atoms with Crippen LogP contribution in [0.2, 0.25) is 0 Å². The third kappa shape index (κ3) is 4.24. The highest BCUT2D eigenvalue weighted by Gasteiger charge is 2.47. The highest BCUT2D eigenvalue weighted by atomic mass is 16.3. The van der Waals surface area contributed by atoms with Gasteiger partial charge in [-0.2, -0.15) is 0 Å². The summed E-state index contributed by atoms with van der Waals surface area (Å²) < 4.78 is 5.49. The van der Waals surface area contributed by atoms with E-state index in [0.717, 1.165) is 59.0 Å². The SMILES string of the molecule is C[C@@]1(c2ccccc2)N=C(c2ccc(-c3ccc4occc4c3)cc2)N(C[C@@H]2CCN(C(=O)C3CC3)C2)C1=O. The van der Waals surface area contributed by atoms with Crippen LogP contribution in [-0.4, -0.2) is 47.1 Å². The first-order valence-corrected chi connectivity index (χ1v) is 13.8. The van der Waals surface area contributed by atoms with E-state index >= 15 is 0 Å². The molecule has 2 aliphatic heterocycles. The van der Waals surface area contributed by atoms with E-state index in [1.54, 1.807) is 6.26 Å². The molecule has 1 aliphatic carbocycles. The summed E-state index contributed by atoms with van der Waals surface area (Å²) in [4.78, 5) is 35.7. The van der Waals surface area contributed by atoms with E-state index in [1.807, 2.05) is 59.2 Å². The van der Waals surface area contributed by atoms with Crippen molar-refractivity contribution in [2.45, 2.75) is 31.7 Å². The van der Waals surface area contributed by atoms with Gasteiger partial charge in [0.2, 0.25) is 5.91 Å². The summed E-state index contributed by atoms with van der Waals surface area (Å²) >= 11 is 0.